The van der Waals surface area contributed by atoms with E-state index in [-0.39, 0.29) is 5.91 Å². The van der Waals surface area contributed by atoms with Crippen LogP contribution >= 0.6 is 11.8 Å². The number of hydrogen-bond acceptors (Lipinski definition) is 5. The van der Waals surface area contributed by atoms with Gasteiger partial charge in [0.25, 0.3) is 5.91 Å². The Labute approximate surface area is 274 Å². The molecule has 5 aromatic rings. The maximum atomic E-state index is 13.2. The lowest BCUT2D eigenvalue weighted by Crippen LogP contribution is -2.37. The van der Waals surface area contributed by atoms with Crippen molar-refractivity contribution < 1.29 is 9.53 Å². The van der Waals surface area contributed by atoms with Crippen molar-refractivity contribution in [2.75, 3.05) is 13.1 Å². The topological polar surface area (TPSA) is 59.7 Å². The van der Waals surface area contributed by atoms with E-state index in [0.29, 0.717) is 17.4 Å². The molecule has 0 N–H and O–H groups in total. The fourth-order valence-corrected chi connectivity index (χ4v) is 6.90. The van der Waals surface area contributed by atoms with Crippen molar-refractivity contribution in [3.8, 4) is 22.7 Å². The highest BCUT2D eigenvalue weighted by Gasteiger charge is 2.29. The highest BCUT2D eigenvalue weighted by molar-refractivity contribution is 8.18. The van der Waals surface area contributed by atoms with Crippen LogP contribution in [0, 0.1) is 12.8 Å². The second-order valence-corrected chi connectivity index (χ2v) is 13.0. The average Bonchev–Trinajstić information content (AvgIpc) is 3.69. The molecule has 0 aliphatic carbocycles. The predicted molar refractivity (Wildman–Crippen MR) is 187 cm³/mol. The molecule has 1 amide bonds. The highest BCUT2D eigenvalue weighted by Crippen LogP contribution is 2.35. The van der Waals surface area contributed by atoms with Crippen LogP contribution in [0.4, 0.5) is 0 Å². The Balaban J connectivity index is 1.07. The van der Waals surface area contributed by atoms with Crippen molar-refractivity contribution in [1.29, 1.82) is 0 Å². The Morgan fingerprint density at radius 1 is 0.848 bits per heavy atom. The number of aromatic nitrogens is 2. The van der Waals surface area contributed by atoms with Gasteiger partial charge in [-0.2, -0.15) is 10.1 Å². The third-order valence-corrected chi connectivity index (χ3v) is 9.61. The third-order valence-electron chi connectivity index (χ3n) is 8.57. The maximum Gasteiger partial charge on any atom is 0.286 e. The fourth-order valence-electron chi connectivity index (χ4n) is 5.94. The van der Waals surface area contributed by atoms with Crippen LogP contribution in [0.25, 0.3) is 23.0 Å². The third kappa shape index (κ3) is 7.00. The van der Waals surface area contributed by atoms with E-state index in [1.165, 1.54) is 22.9 Å². The van der Waals surface area contributed by atoms with Crippen molar-refractivity contribution >= 4 is 28.9 Å². The minimum Gasteiger partial charge on any atom is -0.489 e. The van der Waals surface area contributed by atoms with Crippen LogP contribution in [0.2, 0.25) is 0 Å². The molecule has 0 spiro atoms. The summed E-state index contributed by atoms with van der Waals surface area (Å²) in [5.74, 6) is 1.26. The van der Waals surface area contributed by atoms with Gasteiger partial charge in [-0.3, -0.25) is 4.79 Å². The molecule has 0 atom stereocenters. The lowest BCUT2D eigenvalue weighted by molar-refractivity contribution is -0.113. The first kappa shape index (κ1) is 29.8. The van der Waals surface area contributed by atoms with E-state index in [4.69, 9.17) is 9.84 Å². The van der Waals surface area contributed by atoms with Gasteiger partial charge in [0.1, 0.15) is 12.4 Å². The summed E-state index contributed by atoms with van der Waals surface area (Å²) in [5, 5.41) is 5.77. The first-order chi connectivity index (χ1) is 22.6. The smallest absolute Gasteiger partial charge is 0.286 e. The number of rotatable bonds is 8. The SMILES string of the molecule is Cc1ccc(COc2ccc(-c3nn(-c4ccccc4)cc3C=C3SC(N4CCC(Cc5ccccc5)CC4)=NC3=O)cc2)cc1. The monoisotopic (exact) mass is 624 g/mol. The molecule has 2 aliphatic rings. The Bertz CT molecular complexity index is 1860. The first-order valence-electron chi connectivity index (χ1n) is 15.8. The Morgan fingerprint density at radius 2 is 1.54 bits per heavy atom. The normalized spacial score (nSPS) is 16.2. The van der Waals surface area contributed by atoms with Gasteiger partial charge >= 0.3 is 0 Å². The standard InChI is InChI=1S/C39H36N4O2S/c1-28-12-14-31(15-13-28)27-45-35-18-16-32(17-19-35)37-33(26-43(41-37)34-10-6-3-7-11-34)25-36-38(44)40-39(46-36)42-22-20-30(21-23-42)24-29-8-4-2-5-9-29/h2-19,25-26,30H,20-24,27H2,1H3. The van der Waals surface area contributed by atoms with Gasteiger partial charge in [-0.1, -0.05) is 78.4 Å². The summed E-state index contributed by atoms with van der Waals surface area (Å²) < 4.78 is 7.92. The molecule has 7 rings (SSSR count). The second-order valence-electron chi connectivity index (χ2n) is 11.9. The summed E-state index contributed by atoms with van der Waals surface area (Å²) in [6.07, 6.45) is 7.23. The zero-order valence-corrected chi connectivity index (χ0v) is 26.7. The minimum absolute atomic E-state index is 0.190. The quantitative estimate of drug-likeness (QED) is 0.162. The molecule has 1 fully saturated rings. The molecule has 0 saturated carbocycles. The summed E-state index contributed by atoms with van der Waals surface area (Å²) in [6.45, 7) is 4.42. The van der Waals surface area contributed by atoms with Crippen LogP contribution in [-0.4, -0.2) is 38.8 Å². The number of benzene rings is 4. The number of carbonyl (C=O) groups is 1. The number of nitrogens with zero attached hydrogens (tertiary/aromatic N) is 4. The number of hydrogen-bond donors (Lipinski definition) is 0. The lowest BCUT2D eigenvalue weighted by Gasteiger charge is -2.32. The van der Waals surface area contributed by atoms with Gasteiger partial charge in [0, 0.05) is 30.4 Å². The van der Waals surface area contributed by atoms with Crippen molar-refractivity contribution in [3.63, 3.8) is 0 Å². The molecule has 1 aromatic heterocycles. The van der Waals surface area contributed by atoms with E-state index in [1.54, 1.807) is 0 Å². The van der Waals surface area contributed by atoms with E-state index >= 15 is 0 Å². The lowest BCUT2D eigenvalue weighted by atomic mass is 9.90. The van der Waals surface area contributed by atoms with Gasteiger partial charge in [-0.15, -0.1) is 0 Å². The van der Waals surface area contributed by atoms with Gasteiger partial charge in [-0.25, -0.2) is 4.68 Å². The molecule has 4 aromatic carbocycles. The van der Waals surface area contributed by atoms with Crippen LogP contribution in [-0.2, 0) is 17.8 Å². The zero-order valence-electron chi connectivity index (χ0n) is 25.9. The van der Waals surface area contributed by atoms with E-state index < -0.39 is 0 Å². The number of para-hydroxylation sites is 1. The molecule has 2 aliphatic heterocycles. The largest absolute Gasteiger partial charge is 0.489 e. The molecule has 3 heterocycles. The number of ether oxygens (including phenoxy) is 1. The molecule has 0 bridgehead atoms. The van der Waals surface area contributed by atoms with Crippen LogP contribution in [0.3, 0.4) is 0 Å². The average molecular weight is 625 g/mol. The van der Waals surface area contributed by atoms with E-state index in [1.807, 2.05) is 71.6 Å². The number of likely N-dealkylation sites (tertiary alicyclic amines) is 1. The minimum atomic E-state index is -0.190. The molecule has 7 heteroatoms. The van der Waals surface area contributed by atoms with Crippen LogP contribution in [0.15, 0.2) is 125 Å². The Morgan fingerprint density at radius 3 is 2.26 bits per heavy atom. The first-order valence-corrected chi connectivity index (χ1v) is 16.6. The number of aryl methyl sites for hydroxylation is 1. The number of carbonyl (C=O) groups excluding carboxylic acids is 1. The predicted octanol–water partition coefficient (Wildman–Crippen LogP) is 8.35. The summed E-state index contributed by atoms with van der Waals surface area (Å²) in [5.41, 5.74) is 7.31. The van der Waals surface area contributed by atoms with Crippen LogP contribution in [0.1, 0.15) is 35.1 Å². The molecule has 0 radical (unpaired) electrons. The summed E-state index contributed by atoms with van der Waals surface area (Å²) in [6, 6.07) is 37.1. The summed E-state index contributed by atoms with van der Waals surface area (Å²) in [4.78, 5) is 20.5. The highest BCUT2D eigenvalue weighted by atomic mass is 32.2. The molecular formula is C39H36N4O2S. The number of thioether (sulfide) groups is 1. The maximum absolute atomic E-state index is 13.2. The van der Waals surface area contributed by atoms with Crippen molar-refractivity contribution in [3.05, 3.63) is 143 Å². The summed E-state index contributed by atoms with van der Waals surface area (Å²) >= 11 is 1.47. The molecule has 230 valence electrons. The van der Waals surface area contributed by atoms with Gasteiger partial charge in [0.2, 0.25) is 0 Å². The second kappa shape index (κ2) is 13.6. The van der Waals surface area contributed by atoms with Gasteiger partial charge < -0.3 is 9.64 Å². The van der Waals surface area contributed by atoms with E-state index in [9.17, 15) is 4.79 Å². The van der Waals surface area contributed by atoms with Crippen molar-refractivity contribution in [2.45, 2.75) is 32.8 Å². The number of piperidine rings is 1. The van der Waals surface area contributed by atoms with Gasteiger partial charge in [0.15, 0.2) is 5.17 Å². The molecule has 1 saturated heterocycles. The van der Waals surface area contributed by atoms with Crippen molar-refractivity contribution in [1.82, 2.24) is 14.7 Å². The Kier molecular flexibility index (Phi) is 8.83. The van der Waals surface area contributed by atoms with Crippen molar-refractivity contribution in [2.24, 2.45) is 10.9 Å². The zero-order chi connectivity index (χ0) is 31.3. The fraction of sp³-hybridized carbons (Fsp3) is 0.205. The number of amides is 1. The summed E-state index contributed by atoms with van der Waals surface area (Å²) in [7, 11) is 0. The van der Waals surface area contributed by atoms with Crippen LogP contribution in [0.5, 0.6) is 5.75 Å². The van der Waals surface area contributed by atoms with E-state index in [2.05, 4.69) is 71.4 Å². The molecular weight excluding hydrogens is 589 g/mol. The van der Waals surface area contributed by atoms with Gasteiger partial charge in [0.05, 0.1) is 16.3 Å². The molecule has 6 nitrogen and oxygen atoms in total. The number of amidine groups is 1. The molecule has 0 unspecified atom stereocenters. The van der Waals surface area contributed by atoms with E-state index in [0.717, 1.165) is 71.3 Å². The van der Waals surface area contributed by atoms with Crippen LogP contribution < -0.4 is 4.74 Å². The number of aliphatic imine (C=N–C) groups is 1. The Hall–Kier alpha value is -4.88. The molecule has 46 heavy (non-hydrogen) atoms. The van der Waals surface area contributed by atoms with Gasteiger partial charge in [-0.05, 0) is 97.5 Å².